The Morgan fingerprint density at radius 1 is 1.27 bits per heavy atom. The summed E-state index contributed by atoms with van der Waals surface area (Å²) in [7, 11) is 1.71. The van der Waals surface area contributed by atoms with Crippen molar-refractivity contribution in [1.82, 2.24) is 9.88 Å². The maximum atomic E-state index is 12.1. The molecule has 2 heterocycles. The van der Waals surface area contributed by atoms with E-state index in [1.807, 2.05) is 20.8 Å². The van der Waals surface area contributed by atoms with Gasteiger partial charge >= 0.3 is 5.97 Å². The fraction of sp³-hybridized carbons (Fsp3) is 0.739. The number of hydrogen-bond donors (Lipinski definition) is 2. The summed E-state index contributed by atoms with van der Waals surface area (Å²) in [4.78, 5) is 19.2. The van der Waals surface area contributed by atoms with Gasteiger partial charge in [0.25, 0.3) is 0 Å². The number of ether oxygens (including phenoxy) is 2. The number of anilines is 1. The van der Waals surface area contributed by atoms with E-state index in [1.54, 1.807) is 7.11 Å². The van der Waals surface area contributed by atoms with Crippen molar-refractivity contribution in [2.45, 2.75) is 70.9 Å². The Bertz CT molecular complexity index is 660. The maximum absolute atomic E-state index is 12.1. The largest absolute Gasteiger partial charge is 0.459 e. The molecule has 30 heavy (non-hydrogen) atoms. The van der Waals surface area contributed by atoms with Gasteiger partial charge < -0.3 is 25.4 Å². The molecule has 1 unspecified atom stereocenters. The molecule has 0 aliphatic carbocycles. The highest BCUT2D eigenvalue weighted by Crippen LogP contribution is 2.20. The van der Waals surface area contributed by atoms with Crippen LogP contribution in [0.5, 0.6) is 0 Å². The topological polar surface area (TPSA) is 89.7 Å². The molecule has 0 fully saturated rings. The first kappa shape index (κ1) is 24.6. The number of aromatic nitrogens is 1. The van der Waals surface area contributed by atoms with Crippen molar-refractivity contribution in [1.29, 1.82) is 0 Å². The Balaban J connectivity index is 1.74. The highest BCUT2D eigenvalue weighted by atomic mass is 16.6. The van der Waals surface area contributed by atoms with E-state index < -0.39 is 11.6 Å². The van der Waals surface area contributed by atoms with E-state index in [0.717, 1.165) is 63.4 Å². The van der Waals surface area contributed by atoms with E-state index in [0.29, 0.717) is 13.0 Å². The molecule has 0 radical (unpaired) electrons. The summed E-state index contributed by atoms with van der Waals surface area (Å²) < 4.78 is 10.6. The normalized spacial score (nSPS) is 14.9. The summed E-state index contributed by atoms with van der Waals surface area (Å²) in [5, 5.41) is 3.40. The Hall–Kier alpha value is -1.70. The number of carbonyl (C=O) groups is 1. The van der Waals surface area contributed by atoms with Crippen molar-refractivity contribution in [3.05, 3.63) is 23.4 Å². The zero-order valence-electron chi connectivity index (χ0n) is 19.2. The first-order valence-electron chi connectivity index (χ1n) is 11.2. The molecule has 170 valence electrons. The molecular formula is C23H40N4O3. The van der Waals surface area contributed by atoms with Crippen LogP contribution in [0.25, 0.3) is 0 Å². The SMILES string of the molecule is COCCN(CCCCc1ccc2c(n1)NCCC2)CCC(N)C(=O)OC(C)(C)C. The third kappa shape index (κ3) is 8.98. The molecule has 0 amide bonds. The van der Waals surface area contributed by atoms with Gasteiger partial charge in [-0.05, 0) is 77.5 Å². The van der Waals surface area contributed by atoms with Crippen LogP contribution in [0.4, 0.5) is 5.82 Å². The maximum Gasteiger partial charge on any atom is 0.323 e. The summed E-state index contributed by atoms with van der Waals surface area (Å²) in [6.07, 6.45) is 6.00. The molecule has 0 saturated heterocycles. The lowest BCUT2D eigenvalue weighted by molar-refractivity contribution is -0.156. The molecule has 0 saturated carbocycles. The molecule has 0 spiro atoms. The Kier molecular flexibility index (Phi) is 10.0. The summed E-state index contributed by atoms with van der Waals surface area (Å²) in [6.45, 7) is 9.79. The minimum Gasteiger partial charge on any atom is -0.459 e. The summed E-state index contributed by atoms with van der Waals surface area (Å²) >= 11 is 0. The first-order chi connectivity index (χ1) is 14.3. The van der Waals surface area contributed by atoms with E-state index in [-0.39, 0.29) is 5.97 Å². The third-order valence-electron chi connectivity index (χ3n) is 5.19. The number of carbonyl (C=O) groups excluding carboxylic acids is 1. The van der Waals surface area contributed by atoms with Gasteiger partial charge in [-0.1, -0.05) is 6.07 Å². The molecule has 2 rings (SSSR count). The standard InChI is InChI=1S/C23H40N4O3/c1-23(2,3)30-22(28)20(24)12-15-27(16-17-29-4)14-6-5-9-19-11-10-18-8-7-13-25-21(18)26-19/h10-11,20H,5-9,12-17,24H2,1-4H3,(H,25,26). The Labute approximate surface area is 181 Å². The van der Waals surface area contributed by atoms with Crippen molar-refractivity contribution >= 4 is 11.8 Å². The van der Waals surface area contributed by atoms with Crippen molar-refractivity contribution in [2.24, 2.45) is 5.73 Å². The second-order valence-electron chi connectivity index (χ2n) is 9.06. The molecule has 7 nitrogen and oxygen atoms in total. The lowest BCUT2D eigenvalue weighted by Crippen LogP contribution is -2.40. The predicted molar refractivity (Wildman–Crippen MR) is 121 cm³/mol. The second kappa shape index (κ2) is 12.2. The van der Waals surface area contributed by atoms with Gasteiger partial charge in [0.15, 0.2) is 0 Å². The molecule has 7 heteroatoms. The number of pyridine rings is 1. The van der Waals surface area contributed by atoms with E-state index in [4.69, 9.17) is 20.2 Å². The molecule has 0 bridgehead atoms. The van der Waals surface area contributed by atoms with Crippen molar-refractivity contribution < 1.29 is 14.3 Å². The summed E-state index contributed by atoms with van der Waals surface area (Å²) in [5.74, 6) is 0.734. The monoisotopic (exact) mass is 420 g/mol. The Morgan fingerprint density at radius 2 is 2.07 bits per heavy atom. The Morgan fingerprint density at radius 3 is 2.80 bits per heavy atom. The molecule has 1 aromatic heterocycles. The van der Waals surface area contributed by atoms with Gasteiger partial charge in [-0.2, -0.15) is 0 Å². The molecule has 3 N–H and O–H groups in total. The molecule has 1 aliphatic rings. The molecule has 1 aliphatic heterocycles. The fourth-order valence-corrected chi connectivity index (χ4v) is 3.52. The molecule has 1 aromatic rings. The first-order valence-corrected chi connectivity index (χ1v) is 11.2. The number of methoxy groups -OCH3 is 1. The average molecular weight is 421 g/mol. The van der Waals surface area contributed by atoms with E-state index in [9.17, 15) is 4.79 Å². The van der Waals surface area contributed by atoms with Crippen LogP contribution < -0.4 is 11.1 Å². The van der Waals surface area contributed by atoms with Crippen LogP contribution in [-0.4, -0.2) is 67.4 Å². The number of nitrogens with one attached hydrogen (secondary N) is 1. The smallest absolute Gasteiger partial charge is 0.323 e. The lowest BCUT2D eigenvalue weighted by atomic mass is 10.1. The number of aryl methyl sites for hydroxylation is 2. The zero-order valence-corrected chi connectivity index (χ0v) is 19.2. The number of nitrogens with two attached hydrogens (primary N) is 1. The zero-order chi connectivity index (χ0) is 22.0. The molecule has 1 atom stereocenters. The number of nitrogens with zero attached hydrogens (tertiary/aromatic N) is 2. The number of esters is 1. The number of unbranched alkanes of at least 4 members (excludes halogenated alkanes) is 1. The summed E-state index contributed by atoms with van der Waals surface area (Å²) in [5.41, 5.74) is 8.01. The average Bonchev–Trinajstić information content (AvgIpc) is 2.70. The van der Waals surface area contributed by atoms with Crippen LogP contribution in [0.2, 0.25) is 0 Å². The lowest BCUT2D eigenvalue weighted by Gasteiger charge is -2.25. The van der Waals surface area contributed by atoms with E-state index >= 15 is 0 Å². The van der Waals surface area contributed by atoms with Crippen LogP contribution in [0, 0.1) is 0 Å². The molecule has 0 aromatic carbocycles. The number of hydrogen-bond acceptors (Lipinski definition) is 7. The van der Waals surface area contributed by atoms with Gasteiger partial charge in [0, 0.05) is 32.4 Å². The van der Waals surface area contributed by atoms with Crippen LogP contribution in [0.15, 0.2) is 12.1 Å². The van der Waals surface area contributed by atoms with Gasteiger partial charge in [-0.3, -0.25) is 4.79 Å². The summed E-state index contributed by atoms with van der Waals surface area (Å²) in [6, 6.07) is 3.78. The van der Waals surface area contributed by atoms with E-state index in [1.165, 1.54) is 12.0 Å². The minimum absolute atomic E-state index is 0.332. The molecular weight excluding hydrogens is 380 g/mol. The van der Waals surface area contributed by atoms with Crippen LogP contribution in [-0.2, 0) is 27.1 Å². The van der Waals surface area contributed by atoms with Gasteiger partial charge in [0.2, 0.25) is 0 Å². The van der Waals surface area contributed by atoms with E-state index in [2.05, 4.69) is 22.3 Å². The predicted octanol–water partition coefficient (Wildman–Crippen LogP) is 2.77. The van der Waals surface area contributed by atoms with Crippen LogP contribution in [0.1, 0.15) is 57.7 Å². The highest BCUT2D eigenvalue weighted by molar-refractivity contribution is 5.75. The highest BCUT2D eigenvalue weighted by Gasteiger charge is 2.22. The fourth-order valence-electron chi connectivity index (χ4n) is 3.52. The van der Waals surface area contributed by atoms with Crippen LogP contribution in [0.3, 0.4) is 0 Å². The van der Waals surface area contributed by atoms with Crippen molar-refractivity contribution in [3.8, 4) is 0 Å². The number of fused-ring (bicyclic) bond motifs is 1. The minimum atomic E-state index is -0.596. The third-order valence-corrected chi connectivity index (χ3v) is 5.19. The number of rotatable bonds is 12. The van der Waals surface area contributed by atoms with Crippen LogP contribution >= 0.6 is 0 Å². The van der Waals surface area contributed by atoms with Gasteiger partial charge in [0.1, 0.15) is 17.5 Å². The van der Waals surface area contributed by atoms with Crippen molar-refractivity contribution in [3.63, 3.8) is 0 Å². The van der Waals surface area contributed by atoms with Gasteiger partial charge in [0.05, 0.1) is 6.61 Å². The second-order valence-corrected chi connectivity index (χ2v) is 9.06. The van der Waals surface area contributed by atoms with Gasteiger partial charge in [-0.25, -0.2) is 4.98 Å². The van der Waals surface area contributed by atoms with Gasteiger partial charge in [-0.15, -0.1) is 0 Å². The van der Waals surface area contributed by atoms with Crippen molar-refractivity contribution in [2.75, 3.05) is 45.2 Å². The quantitative estimate of drug-likeness (QED) is 0.397.